The van der Waals surface area contributed by atoms with Crippen molar-refractivity contribution in [3.8, 4) is 0 Å². The maximum absolute atomic E-state index is 12.6. The number of hydrogen-bond acceptors (Lipinski definition) is 4. The lowest BCUT2D eigenvalue weighted by molar-refractivity contribution is -0.144. The third-order valence-electron chi connectivity index (χ3n) is 5.78. The molecule has 7 heteroatoms. The number of likely N-dealkylation sites (tertiary alicyclic amines) is 2. The van der Waals surface area contributed by atoms with Crippen molar-refractivity contribution in [1.82, 2.24) is 20.0 Å². The number of amides is 2. The maximum Gasteiger partial charge on any atom is 0.264 e. The standard InChI is InChI=1S/C20H30N4O3/c1-14(2)9-12-24-17-10-11-23(13-15(17)3-7-20(24)27)19(26)8-5-16-4-6-18(25)22-21-16/h4,6,14-15,17H,3,5,7-13H2,1-2H3,(H,22,25)/t15-,17+/m0/s1. The van der Waals surface area contributed by atoms with E-state index < -0.39 is 0 Å². The molecule has 0 saturated carbocycles. The van der Waals surface area contributed by atoms with Gasteiger partial charge in [0, 0.05) is 51.0 Å². The molecule has 0 spiro atoms. The smallest absolute Gasteiger partial charge is 0.264 e. The van der Waals surface area contributed by atoms with Gasteiger partial charge in [0.05, 0.1) is 5.69 Å². The van der Waals surface area contributed by atoms with Crippen molar-refractivity contribution in [2.75, 3.05) is 19.6 Å². The number of nitrogens with one attached hydrogen (secondary N) is 1. The number of rotatable bonds is 6. The number of fused-ring (bicyclic) bond motifs is 1. The third kappa shape index (κ3) is 4.96. The van der Waals surface area contributed by atoms with Crippen LogP contribution in [0.15, 0.2) is 16.9 Å². The number of hydrogen-bond donors (Lipinski definition) is 1. The first-order valence-corrected chi connectivity index (χ1v) is 10.1. The summed E-state index contributed by atoms with van der Waals surface area (Å²) in [5.74, 6) is 1.38. The number of aromatic amines is 1. The second-order valence-corrected chi connectivity index (χ2v) is 8.18. The zero-order valence-corrected chi connectivity index (χ0v) is 16.3. The van der Waals surface area contributed by atoms with E-state index in [1.165, 1.54) is 6.07 Å². The Morgan fingerprint density at radius 1 is 1.30 bits per heavy atom. The molecule has 27 heavy (non-hydrogen) atoms. The molecule has 3 rings (SSSR count). The number of aryl methyl sites for hydroxylation is 1. The average Bonchev–Trinajstić information content (AvgIpc) is 2.66. The van der Waals surface area contributed by atoms with Crippen LogP contribution in [0.5, 0.6) is 0 Å². The Kier molecular flexibility index (Phi) is 6.29. The van der Waals surface area contributed by atoms with E-state index in [4.69, 9.17) is 0 Å². The van der Waals surface area contributed by atoms with Crippen LogP contribution in [-0.4, -0.2) is 57.5 Å². The van der Waals surface area contributed by atoms with Crippen LogP contribution in [0.2, 0.25) is 0 Å². The fraction of sp³-hybridized carbons (Fsp3) is 0.700. The van der Waals surface area contributed by atoms with Crippen molar-refractivity contribution in [2.45, 2.75) is 58.4 Å². The number of aromatic nitrogens is 2. The van der Waals surface area contributed by atoms with Gasteiger partial charge in [-0.2, -0.15) is 5.10 Å². The van der Waals surface area contributed by atoms with Crippen LogP contribution >= 0.6 is 0 Å². The summed E-state index contributed by atoms with van der Waals surface area (Å²) in [5.41, 5.74) is 0.488. The van der Waals surface area contributed by atoms with E-state index in [0.717, 1.165) is 38.0 Å². The quantitative estimate of drug-likeness (QED) is 0.819. The molecule has 0 aliphatic carbocycles. The summed E-state index contributed by atoms with van der Waals surface area (Å²) in [6.07, 6.45) is 4.31. The largest absolute Gasteiger partial charge is 0.342 e. The second-order valence-electron chi connectivity index (χ2n) is 8.18. The Balaban J connectivity index is 1.54. The van der Waals surface area contributed by atoms with E-state index in [-0.39, 0.29) is 23.4 Å². The van der Waals surface area contributed by atoms with Crippen LogP contribution < -0.4 is 5.56 Å². The minimum absolute atomic E-state index is 0.132. The topological polar surface area (TPSA) is 86.4 Å². The molecule has 7 nitrogen and oxygen atoms in total. The lowest BCUT2D eigenvalue weighted by Gasteiger charge is -2.47. The summed E-state index contributed by atoms with van der Waals surface area (Å²) in [4.78, 5) is 40.1. The highest BCUT2D eigenvalue weighted by Crippen LogP contribution is 2.32. The number of carbonyl (C=O) groups excluding carboxylic acids is 2. The zero-order valence-electron chi connectivity index (χ0n) is 16.3. The van der Waals surface area contributed by atoms with E-state index in [1.54, 1.807) is 6.07 Å². The molecule has 2 aliphatic heterocycles. The fourth-order valence-electron chi connectivity index (χ4n) is 4.17. The van der Waals surface area contributed by atoms with Gasteiger partial charge in [-0.05, 0) is 37.2 Å². The van der Waals surface area contributed by atoms with Gasteiger partial charge in [-0.25, -0.2) is 5.10 Å². The van der Waals surface area contributed by atoms with Gasteiger partial charge in [0.15, 0.2) is 0 Å². The number of H-pyrrole nitrogens is 1. The predicted octanol–water partition coefficient (Wildman–Crippen LogP) is 1.59. The van der Waals surface area contributed by atoms with Crippen LogP contribution in [0.4, 0.5) is 0 Å². The minimum Gasteiger partial charge on any atom is -0.342 e. The van der Waals surface area contributed by atoms with Crippen LogP contribution in [-0.2, 0) is 16.0 Å². The highest BCUT2D eigenvalue weighted by atomic mass is 16.2. The van der Waals surface area contributed by atoms with E-state index >= 15 is 0 Å². The van der Waals surface area contributed by atoms with Crippen molar-refractivity contribution in [2.24, 2.45) is 11.8 Å². The summed E-state index contributed by atoms with van der Waals surface area (Å²) in [6, 6.07) is 3.38. The Bertz CT molecular complexity index is 710. The summed E-state index contributed by atoms with van der Waals surface area (Å²) in [5, 5.41) is 6.36. The lowest BCUT2D eigenvalue weighted by Crippen LogP contribution is -2.57. The third-order valence-corrected chi connectivity index (χ3v) is 5.78. The Hall–Kier alpha value is -2.18. The average molecular weight is 374 g/mol. The molecule has 148 valence electrons. The van der Waals surface area contributed by atoms with Gasteiger partial charge in [0.1, 0.15) is 0 Å². The summed E-state index contributed by atoms with van der Waals surface area (Å²) in [6.45, 7) is 6.66. The van der Waals surface area contributed by atoms with E-state index in [1.807, 2.05) is 4.90 Å². The minimum atomic E-state index is -0.235. The molecule has 1 N–H and O–H groups in total. The molecule has 1 aromatic rings. The highest BCUT2D eigenvalue weighted by Gasteiger charge is 2.39. The molecule has 2 aliphatic rings. The SMILES string of the molecule is CC(C)CCN1C(=O)CC[C@H]2CN(C(=O)CCc3ccc(=O)[nH]n3)CC[C@H]21. The molecular weight excluding hydrogens is 344 g/mol. The molecule has 2 atom stereocenters. The van der Waals surface area contributed by atoms with Gasteiger partial charge in [0.25, 0.3) is 5.56 Å². The molecule has 2 amide bonds. The Labute approximate surface area is 160 Å². The van der Waals surface area contributed by atoms with Crippen LogP contribution in [0.3, 0.4) is 0 Å². The van der Waals surface area contributed by atoms with Gasteiger partial charge in [0.2, 0.25) is 11.8 Å². The van der Waals surface area contributed by atoms with E-state index in [2.05, 4.69) is 28.9 Å². The normalized spacial score (nSPS) is 22.9. The van der Waals surface area contributed by atoms with Crippen molar-refractivity contribution >= 4 is 11.8 Å². The highest BCUT2D eigenvalue weighted by molar-refractivity contribution is 5.78. The first kappa shape index (κ1) is 19.6. The van der Waals surface area contributed by atoms with Crippen molar-refractivity contribution in [1.29, 1.82) is 0 Å². The Morgan fingerprint density at radius 3 is 2.81 bits per heavy atom. The van der Waals surface area contributed by atoms with Crippen molar-refractivity contribution in [3.63, 3.8) is 0 Å². The second kappa shape index (κ2) is 8.67. The maximum atomic E-state index is 12.6. The molecular formula is C20H30N4O3. The summed E-state index contributed by atoms with van der Waals surface area (Å²) < 4.78 is 0. The zero-order chi connectivity index (χ0) is 19.4. The van der Waals surface area contributed by atoms with E-state index in [0.29, 0.717) is 37.6 Å². The van der Waals surface area contributed by atoms with Crippen molar-refractivity contribution < 1.29 is 9.59 Å². The molecule has 1 aromatic heterocycles. The van der Waals surface area contributed by atoms with Gasteiger partial charge in [-0.3, -0.25) is 14.4 Å². The van der Waals surface area contributed by atoms with Crippen LogP contribution in [0, 0.1) is 11.8 Å². The molecule has 2 saturated heterocycles. The Morgan fingerprint density at radius 2 is 2.11 bits per heavy atom. The van der Waals surface area contributed by atoms with E-state index in [9.17, 15) is 14.4 Å². The lowest BCUT2D eigenvalue weighted by atomic mass is 9.83. The van der Waals surface area contributed by atoms with Gasteiger partial charge in [-0.1, -0.05) is 13.8 Å². The monoisotopic (exact) mass is 374 g/mol. The number of nitrogens with zero attached hydrogens (tertiary/aromatic N) is 3. The number of piperidine rings is 2. The first-order valence-electron chi connectivity index (χ1n) is 10.1. The van der Waals surface area contributed by atoms with Gasteiger partial charge in [-0.15, -0.1) is 0 Å². The fourth-order valence-corrected chi connectivity index (χ4v) is 4.17. The molecule has 0 radical (unpaired) electrons. The van der Waals surface area contributed by atoms with Gasteiger partial charge >= 0.3 is 0 Å². The van der Waals surface area contributed by atoms with Crippen LogP contribution in [0.25, 0.3) is 0 Å². The van der Waals surface area contributed by atoms with Gasteiger partial charge < -0.3 is 9.80 Å². The molecule has 0 bridgehead atoms. The number of carbonyl (C=O) groups is 2. The molecule has 3 heterocycles. The van der Waals surface area contributed by atoms with Crippen molar-refractivity contribution in [3.05, 3.63) is 28.2 Å². The summed E-state index contributed by atoms with van der Waals surface area (Å²) >= 11 is 0. The summed E-state index contributed by atoms with van der Waals surface area (Å²) in [7, 11) is 0. The molecule has 0 aromatic carbocycles. The predicted molar refractivity (Wildman–Crippen MR) is 102 cm³/mol. The molecule has 2 fully saturated rings. The first-order chi connectivity index (χ1) is 12.9. The van der Waals surface area contributed by atoms with Crippen LogP contribution in [0.1, 0.15) is 51.6 Å². The molecule has 0 unspecified atom stereocenters.